The van der Waals surface area contributed by atoms with Gasteiger partial charge < -0.3 is 0 Å². The fourth-order valence-electron chi connectivity index (χ4n) is 1.72. The van der Waals surface area contributed by atoms with Gasteiger partial charge in [0.15, 0.2) is 19.7 Å². The monoisotopic (exact) mass is 354 g/mol. The molecule has 0 bridgehead atoms. The molecule has 0 heterocycles. The number of benzene rings is 1. The summed E-state index contributed by atoms with van der Waals surface area (Å²) in [6.07, 6.45) is 0. The van der Waals surface area contributed by atoms with Crippen LogP contribution in [0.1, 0.15) is 19.4 Å². The van der Waals surface area contributed by atoms with Crippen LogP contribution >= 0.6 is 0 Å². The molecule has 0 aliphatic rings. The van der Waals surface area contributed by atoms with Crippen LogP contribution in [0.15, 0.2) is 29.2 Å². The topological polar surface area (TPSA) is 102 Å². The molecule has 6 nitrogen and oxygen atoms in total. The van der Waals surface area contributed by atoms with Gasteiger partial charge in [-0.25, -0.2) is 25.3 Å². The van der Waals surface area contributed by atoms with Crippen molar-refractivity contribution in [1.82, 2.24) is 0 Å². The average molecular weight is 354 g/mol. The molecule has 0 aliphatic heterocycles. The minimum absolute atomic E-state index is 0.313. The molecule has 0 aliphatic carbocycles. The van der Waals surface area contributed by atoms with Gasteiger partial charge in [0.05, 0.1) is 4.90 Å². The van der Waals surface area contributed by atoms with Crippen LogP contribution in [0.4, 0.5) is 0 Å². The van der Waals surface area contributed by atoms with Gasteiger partial charge in [-0.05, 0) is 19.1 Å². The summed E-state index contributed by atoms with van der Waals surface area (Å²) in [5.41, 5.74) is 0.780. The van der Waals surface area contributed by atoms with E-state index >= 15 is 0 Å². The lowest BCUT2D eigenvalue weighted by atomic mass is 10.2. The molecule has 120 valence electrons. The number of hydrogen-bond acceptors (Lipinski definition) is 6. The summed E-state index contributed by atoms with van der Waals surface area (Å²) in [6, 6.07) is 5.41. The van der Waals surface area contributed by atoms with Crippen LogP contribution in [0.5, 0.6) is 0 Å². The molecule has 0 fully saturated rings. The second-order valence-electron chi connectivity index (χ2n) is 4.55. The third-order valence-electron chi connectivity index (χ3n) is 2.99. The molecule has 1 rings (SSSR count). The zero-order chi connectivity index (χ0) is 16.5. The van der Waals surface area contributed by atoms with Crippen molar-refractivity contribution in [3.63, 3.8) is 0 Å². The van der Waals surface area contributed by atoms with Gasteiger partial charge in [-0.1, -0.05) is 31.5 Å². The van der Waals surface area contributed by atoms with Gasteiger partial charge in [0.25, 0.3) is 3.91 Å². The Balaban J connectivity index is 3.64. The van der Waals surface area contributed by atoms with E-state index in [9.17, 15) is 25.3 Å². The van der Waals surface area contributed by atoms with Crippen LogP contribution in [0.2, 0.25) is 0 Å². The molecule has 9 heteroatoms. The first kappa shape index (κ1) is 18.1. The van der Waals surface area contributed by atoms with Crippen molar-refractivity contribution in [1.29, 1.82) is 0 Å². The van der Waals surface area contributed by atoms with Gasteiger partial charge in [-0.3, -0.25) is 0 Å². The highest BCUT2D eigenvalue weighted by Gasteiger charge is 2.46. The van der Waals surface area contributed by atoms with E-state index in [0.29, 0.717) is 0 Å². The quantitative estimate of drug-likeness (QED) is 0.753. The minimum atomic E-state index is -4.53. The molecule has 0 saturated carbocycles. The highest BCUT2D eigenvalue weighted by molar-refractivity contribution is 8.24. The normalized spacial score (nSPS) is 13.5. The molecule has 0 N–H and O–H groups in total. The van der Waals surface area contributed by atoms with Gasteiger partial charge in [0.1, 0.15) is 0 Å². The summed E-state index contributed by atoms with van der Waals surface area (Å²) in [7, 11) is -13.2. The minimum Gasteiger partial charge on any atom is -0.226 e. The second kappa shape index (κ2) is 6.05. The first-order valence-corrected chi connectivity index (χ1v) is 11.2. The Hall–Kier alpha value is -0.930. The fourth-order valence-corrected chi connectivity index (χ4v) is 10.2. The van der Waals surface area contributed by atoms with E-state index < -0.39 is 44.9 Å². The Bertz CT molecular complexity index is 768. The fraction of sp³-hybridized carbons (Fsp3) is 0.500. The molecule has 1 aromatic rings. The van der Waals surface area contributed by atoms with E-state index in [1.54, 1.807) is 6.92 Å². The standard InChI is InChI=1S/C12H18O6S3/c1-4-19(13,14)12(20(15,16)5-2)21(17,18)11-8-6-10(3)7-9-11/h6-9,12H,4-5H2,1-3H3. The third-order valence-corrected chi connectivity index (χ3v) is 12.3. The highest BCUT2D eigenvalue weighted by Crippen LogP contribution is 2.26. The predicted molar refractivity (Wildman–Crippen MR) is 81.1 cm³/mol. The smallest absolute Gasteiger partial charge is 0.226 e. The molecule has 0 saturated heterocycles. The van der Waals surface area contributed by atoms with E-state index in [1.165, 1.54) is 38.1 Å². The van der Waals surface area contributed by atoms with Gasteiger partial charge in [-0.2, -0.15) is 0 Å². The van der Waals surface area contributed by atoms with Crippen molar-refractivity contribution in [2.24, 2.45) is 0 Å². The second-order valence-corrected chi connectivity index (χ2v) is 12.2. The molecule has 0 amide bonds. The molecule has 0 unspecified atom stereocenters. The average Bonchev–Trinajstić information content (AvgIpc) is 2.38. The number of aryl methyl sites for hydroxylation is 1. The number of hydrogen-bond donors (Lipinski definition) is 0. The van der Waals surface area contributed by atoms with Gasteiger partial charge >= 0.3 is 0 Å². The largest absolute Gasteiger partial charge is 0.266 e. The lowest BCUT2D eigenvalue weighted by molar-refractivity contribution is 0.574. The zero-order valence-corrected chi connectivity index (χ0v) is 14.4. The Kier molecular flexibility index (Phi) is 5.22. The lowest BCUT2D eigenvalue weighted by Crippen LogP contribution is -2.39. The van der Waals surface area contributed by atoms with E-state index in [0.717, 1.165) is 5.56 Å². The Morgan fingerprint density at radius 2 is 1.19 bits per heavy atom. The highest BCUT2D eigenvalue weighted by atomic mass is 32.3. The van der Waals surface area contributed by atoms with E-state index in [1.807, 2.05) is 0 Å². The Morgan fingerprint density at radius 1 is 0.810 bits per heavy atom. The van der Waals surface area contributed by atoms with Crippen molar-refractivity contribution < 1.29 is 25.3 Å². The van der Waals surface area contributed by atoms with Crippen LogP contribution in [-0.2, 0) is 29.5 Å². The van der Waals surface area contributed by atoms with Crippen molar-refractivity contribution >= 4 is 29.5 Å². The summed E-state index contributed by atoms with van der Waals surface area (Å²) < 4.78 is 70.7. The predicted octanol–water partition coefficient (Wildman–Crippen LogP) is 0.922. The van der Waals surface area contributed by atoms with Crippen LogP contribution in [0.3, 0.4) is 0 Å². The first-order valence-electron chi connectivity index (χ1n) is 6.22. The lowest BCUT2D eigenvalue weighted by Gasteiger charge is -2.17. The van der Waals surface area contributed by atoms with E-state index in [4.69, 9.17) is 0 Å². The molecule has 0 atom stereocenters. The molecular formula is C12H18O6S3. The number of sulfone groups is 3. The Labute approximate surface area is 125 Å². The zero-order valence-electron chi connectivity index (χ0n) is 12.0. The molecule has 0 radical (unpaired) electrons. The molecule has 21 heavy (non-hydrogen) atoms. The number of rotatable bonds is 6. The van der Waals surface area contributed by atoms with Crippen molar-refractivity contribution in [3.05, 3.63) is 29.8 Å². The Morgan fingerprint density at radius 3 is 1.52 bits per heavy atom. The summed E-state index contributed by atoms with van der Waals surface area (Å²) in [6.45, 7) is 4.18. The summed E-state index contributed by atoms with van der Waals surface area (Å²) in [5.74, 6) is -1.13. The van der Waals surface area contributed by atoms with E-state index in [2.05, 4.69) is 0 Å². The maximum absolute atomic E-state index is 12.5. The van der Waals surface area contributed by atoms with Crippen LogP contribution in [0, 0.1) is 6.92 Å². The van der Waals surface area contributed by atoms with Gasteiger partial charge in [-0.15, -0.1) is 0 Å². The van der Waals surface area contributed by atoms with Crippen LogP contribution < -0.4 is 0 Å². The third kappa shape index (κ3) is 3.64. The van der Waals surface area contributed by atoms with Crippen LogP contribution in [0.25, 0.3) is 0 Å². The molecule has 0 spiro atoms. The van der Waals surface area contributed by atoms with Gasteiger partial charge in [0, 0.05) is 11.5 Å². The first-order chi connectivity index (χ1) is 9.49. The van der Waals surface area contributed by atoms with Crippen molar-refractivity contribution in [2.45, 2.75) is 29.6 Å². The van der Waals surface area contributed by atoms with Crippen LogP contribution in [-0.4, -0.2) is 40.7 Å². The van der Waals surface area contributed by atoms with E-state index in [-0.39, 0.29) is 4.90 Å². The summed E-state index contributed by atoms with van der Waals surface area (Å²) in [4.78, 5) is -0.313. The van der Waals surface area contributed by atoms with Gasteiger partial charge in [0.2, 0.25) is 9.84 Å². The molecular weight excluding hydrogens is 336 g/mol. The molecule has 0 aromatic heterocycles. The van der Waals surface area contributed by atoms with Crippen molar-refractivity contribution in [2.75, 3.05) is 11.5 Å². The SMILES string of the molecule is CCS(=O)(=O)C(S(=O)(=O)CC)S(=O)(=O)c1ccc(C)cc1. The summed E-state index contributed by atoms with van der Waals surface area (Å²) in [5, 5.41) is 0. The van der Waals surface area contributed by atoms with Crippen molar-refractivity contribution in [3.8, 4) is 0 Å². The maximum atomic E-state index is 12.5. The summed E-state index contributed by atoms with van der Waals surface area (Å²) >= 11 is 0. The molecule has 1 aromatic carbocycles. The maximum Gasteiger partial charge on any atom is 0.266 e.